The maximum absolute atomic E-state index is 13.0. The lowest BCUT2D eigenvalue weighted by Gasteiger charge is -2.38. The molecular formula is C23H26F3NO7S. The summed E-state index contributed by atoms with van der Waals surface area (Å²) in [5.41, 5.74) is 2.17. The van der Waals surface area contributed by atoms with E-state index in [1.54, 1.807) is 0 Å². The number of hydrogen-bond acceptors (Lipinski definition) is 8. The first kappa shape index (κ1) is 25.7. The van der Waals surface area contributed by atoms with E-state index in [1.165, 1.54) is 36.4 Å². The number of rotatable bonds is 8. The van der Waals surface area contributed by atoms with Crippen LogP contribution in [-0.2, 0) is 19.3 Å². The Labute approximate surface area is 200 Å². The molecule has 0 radical (unpaired) electrons. The third-order valence-electron chi connectivity index (χ3n) is 6.22. The molecule has 8 nitrogen and oxygen atoms in total. The van der Waals surface area contributed by atoms with Crippen molar-refractivity contribution in [2.75, 3.05) is 19.0 Å². The second-order valence-corrected chi connectivity index (χ2v) is 10.6. The Balaban J connectivity index is 1.35. The molecule has 1 aliphatic carbocycles. The molecule has 2 aliphatic rings. The highest BCUT2D eigenvalue weighted by molar-refractivity contribution is 7.91. The second-order valence-electron chi connectivity index (χ2n) is 8.55. The highest BCUT2D eigenvalue weighted by Gasteiger charge is 2.42. The fraction of sp³-hybridized carbons (Fsp3) is 0.478. The van der Waals surface area contributed by atoms with Gasteiger partial charge in [0, 0.05) is 18.9 Å². The minimum Gasteiger partial charge on any atom is -0.457 e. The lowest BCUT2D eigenvalue weighted by molar-refractivity contribution is -0.274. The first-order valence-corrected chi connectivity index (χ1v) is 12.8. The van der Waals surface area contributed by atoms with Crippen molar-refractivity contribution in [3.63, 3.8) is 0 Å². The largest absolute Gasteiger partial charge is 0.573 e. The van der Waals surface area contributed by atoms with Gasteiger partial charge in [0.25, 0.3) is 0 Å². The Morgan fingerprint density at radius 3 is 2.00 bits per heavy atom. The van der Waals surface area contributed by atoms with Crippen LogP contribution in [0.25, 0.3) is 0 Å². The van der Waals surface area contributed by atoms with Crippen LogP contribution in [0.5, 0.6) is 17.2 Å². The number of hydrogen-bond donors (Lipinski definition) is 2. The van der Waals surface area contributed by atoms with Crippen LogP contribution in [0.1, 0.15) is 25.7 Å². The van der Waals surface area contributed by atoms with E-state index >= 15 is 0 Å². The number of hydroxylamine groups is 1. The minimum absolute atomic E-state index is 0.0555. The summed E-state index contributed by atoms with van der Waals surface area (Å²) in [4.78, 5) is 0.0637. The van der Waals surface area contributed by atoms with Crippen molar-refractivity contribution in [1.82, 2.24) is 5.48 Å². The summed E-state index contributed by atoms with van der Waals surface area (Å²) in [6.07, 6.45) is -2.18. The van der Waals surface area contributed by atoms with Gasteiger partial charge in [-0.1, -0.05) is 0 Å². The number of sulfone groups is 1. The van der Waals surface area contributed by atoms with Crippen molar-refractivity contribution in [2.24, 2.45) is 5.92 Å². The third-order valence-corrected chi connectivity index (χ3v) is 8.00. The van der Waals surface area contributed by atoms with Gasteiger partial charge in [-0.25, -0.2) is 13.9 Å². The zero-order chi connectivity index (χ0) is 25.1. The lowest BCUT2D eigenvalue weighted by Crippen LogP contribution is -2.45. The summed E-state index contributed by atoms with van der Waals surface area (Å²) < 4.78 is 83.5. The number of halogens is 3. The zero-order valence-electron chi connectivity index (χ0n) is 18.7. The summed E-state index contributed by atoms with van der Waals surface area (Å²) >= 11 is 0. The topological polar surface area (TPSA) is 103 Å². The van der Waals surface area contributed by atoms with Crippen molar-refractivity contribution in [2.45, 2.75) is 48.8 Å². The molecule has 1 saturated carbocycles. The van der Waals surface area contributed by atoms with Crippen molar-refractivity contribution in [3.8, 4) is 17.2 Å². The van der Waals surface area contributed by atoms with E-state index in [9.17, 15) is 26.8 Å². The number of benzene rings is 2. The molecule has 2 aromatic carbocycles. The van der Waals surface area contributed by atoms with Gasteiger partial charge in [0.2, 0.25) is 0 Å². The van der Waals surface area contributed by atoms with Gasteiger partial charge in [-0.05, 0) is 67.3 Å². The van der Waals surface area contributed by atoms with Gasteiger partial charge < -0.3 is 24.2 Å². The molecule has 1 unspecified atom stereocenters. The maximum Gasteiger partial charge on any atom is 0.573 e. The molecule has 192 valence electrons. The molecule has 35 heavy (non-hydrogen) atoms. The average Bonchev–Trinajstić information content (AvgIpc) is 3.27. The Kier molecular flexibility index (Phi) is 7.57. The third kappa shape index (κ3) is 6.64. The Morgan fingerprint density at radius 1 is 0.971 bits per heavy atom. The molecule has 2 N–H and O–H groups in total. The van der Waals surface area contributed by atoms with Crippen molar-refractivity contribution >= 4 is 9.84 Å². The standard InChI is InChI=1S/C23H26F3NO7S/c24-23(25,26)34-19-3-1-17(2-4-19)33-18-5-7-20(8-6-18)35(29,30)15-21(27-28)16-9-11-22(12-10-16)31-13-14-32-22/h1-8,16,21,27-28H,9-15H2. The van der Waals surface area contributed by atoms with Gasteiger partial charge in [-0.2, -0.15) is 0 Å². The molecule has 0 bridgehead atoms. The summed E-state index contributed by atoms with van der Waals surface area (Å²) in [6, 6.07) is 9.86. The smallest absolute Gasteiger partial charge is 0.457 e. The van der Waals surface area contributed by atoms with Crippen LogP contribution in [0.4, 0.5) is 13.2 Å². The van der Waals surface area contributed by atoms with E-state index in [2.05, 4.69) is 10.2 Å². The Morgan fingerprint density at radius 2 is 1.49 bits per heavy atom. The van der Waals surface area contributed by atoms with E-state index in [1.807, 2.05) is 0 Å². The van der Waals surface area contributed by atoms with E-state index in [-0.39, 0.29) is 28.1 Å². The molecular weight excluding hydrogens is 491 g/mol. The summed E-state index contributed by atoms with van der Waals surface area (Å²) in [5, 5.41) is 9.67. The lowest BCUT2D eigenvalue weighted by atomic mass is 9.81. The van der Waals surface area contributed by atoms with Crippen LogP contribution in [0, 0.1) is 5.92 Å². The summed E-state index contributed by atoms with van der Waals surface area (Å²) in [7, 11) is -3.72. The van der Waals surface area contributed by atoms with E-state index in [0.29, 0.717) is 44.6 Å². The van der Waals surface area contributed by atoms with Crippen LogP contribution in [-0.4, -0.2) is 50.8 Å². The van der Waals surface area contributed by atoms with Crippen molar-refractivity contribution in [3.05, 3.63) is 48.5 Å². The molecule has 1 saturated heterocycles. The van der Waals surface area contributed by atoms with Crippen LogP contribution >= 0.6 is 0 Å². The predicted octanol–water partition coefficient (Wildman–Crippen LogP) is 4.43. The van der Waals surface area contributed by atoms with Crippen LogP contribution in [0.2, 0.25) is 0 Å². The van der Waals surface area contributed by atoms with Crippen LogP contribution in [0.15, 0.2) is 53.4 Å². The molecule has 0 aromatic heterocycles. The van der Waals surface area contributed by atoms with E-state index < -0.39 is 28.0 Å². The average molecular weight is 518 g/mol. The van der Waals surface area contributed by atoms with E-state index in [4.69, 9.17) is 14.2 Å². The minimum atomic E-state index is -4.79. The number of nitrogens with one attached hydrogen (secondary N) is 1. The SMILES string of the molecule is O=S(=O)(CC(NO)C1CCC2(CC1)OCCO2)c1ccc(Oc2ccc(OC(F)(F)F)cc2)cc1. The summed E-state index contributed by atoms with van der Waals surface area (Å²) in [6.45, 7) is 1.11. The summed E-state index contributed by atoms with van der Waals surface area (Å²) in [5.74, 6) is -0.736. The fourth-order valence-electron chi connectivity index (χ4n) is 4.44. The van der Waals surface area contributed by atoms with Crippen LogP contribution < -0.4 is 15.0 Å². The highest BCUT2D eigenvalue weighted by Crippen LogP contribution is 2.39. The molecule has 2 aromatic rings. The second kappa shape index (κ2) is 10.3. The molecule has 4 rings (SSSR count). The molecule has 1 heterocycles. The van der Waals surface area contributed by atoms with Crippen molar-refractivity contribution < 1.29 is 45.7 Å². The first-order valence-electron chi connectivity index (χ1n) is 11.1. The van der Waals surface area contributed by atoms with Gasteiger partial charge in [-0.3, -0.25) is 0 Å². The van der Waals surface area contributed by atoms with Gasteiger partial charge in [0.05, 0.1) is 23.9 Å². The van der Waals surface area contributed by atoms with Gasteiger partial charge >= 0.3 is 6.36 Å². The van der Waals surface area contributed by atoms with Crippen molar-refractivity contribution in [1.29, 1.82) is 0 Å². The fourth-order valence-corrected chi connectivity index (χ4v) is 6.00. The monoisotopic (exact) mass is 517 g/mol. The highest BCUT2D eigenvalue weighted by atomic mass is 32.2. The quantitative estimate of drug-likeness (QED) is 0.496. The zero-order valence-corrected chi connectivity index (χ0v) is 19.5. The van der Waals surface area contributed by atoms with E-state index in [0.717, 1.165) is 12.1 Å². The number of ether oxygens (including phenoxy) is 4. The molecule has 1 atom stereocenters. The molecule has 0 amide bonds. The number of alkyl halides is 3. The Hall–Kier alpha value is -2.38. The van der Waals surface area contributed by atoms with Gasteiger partial charge in [-0.15, -0.1) is 13.2 Å². The molecule has 1 aliphatic heterocycles. The molecule has 2 fully saturated rings. The normalized spacial score (nSPS) is 19.5. The van der Waals surface area contributed by atoms with Crippen LogP contribution in [0.3, 0.4) is 0 Å². The molecule has 1 spiro atoms. The van der Waals surface area contributed by atoms with Gasteiger partial charge in [0.1, 0.15) is 17.2 Å². The van der Waals surface area contributed by atoms with Gasteiger partial charge in [0.15, 0.2) is 15.6 Å². The Bertz CT molecular complexity index is 1080. The maximum atomic E-state index is 13.0. The first-order chi connectivity index (χ1) is 16.6. The predicted molar refractivity (Wildman–Crippen MR) is 117 cm³/mol. The molecule has 12 heteroatoms.